The van der Waals surface area contributed by atoms with Crippen molar-refractivity contribution in [2.75, 3.05) is 12.5 Å². The molecule has 2 heterocycles. The van der Waals surface area contributed by atoms with E-state index in [1.54, 1.807) is 12.1 Å². The molecule has 5 aromatic carbocycles. The number of carbonyl (C=O) groups excluding carboxylic acids is 2. The first-order valence-corrected chi connectivity index (χ1v) is 23.9. The standard InChI is InChI=1S/C25H21F4NO4S.C19H17F3INO4S/c1-15(25(27,28)29)34-23-10-9-21(35(2,32)33)12-22(23)24(31)30-13-18-4-3-17(11-19(18)14-30)16-5-7-20(26)8-6-16;1-11(19(20,21)22)28-17-6-5-15(29(2,26)27)8-16(17)18(25)24-9-12-3-4-14(23)7-13(12)10-24/h3-12,15H,13-14H2,1-2H3;3-8,11H,9-10H2,1-2H3/t;11-/m.0/s1. The number of rotatable bonds is 9. The van der Waals surface area contributed by atoms with E-state index in [2.05, 4.69) is 22.6 Å². The fraction of sp³-hybridized carbons (Fsp3) is 0.273. The van der Waals surface area contributed by atoms with Gasteiger partial charge in [0.25, 0.3) is 11.8 Å². The number of halogens is 8. The summed E-state index contributed by atoms with van der Waals surface area (Å²) in [5, 5.41) is 0. The van der Waals surface area contributed by atoms with Crippen molar-refractivity contribution in [2.24, 2.45) is 0 Å². The third-order valence-corrected chi connectivity index (χ3v) is 13.2. The largest absolute Gasteiger partial charge is 0.480 e. The van der Waals surface area contributed by atoms with Crippen molar-refractivity contribution in [3.63, 3.8) is 0 Å². The molecule has 0 spiro atoms. The second-order valence-corrected chi connectivity index (χ2v) is 20.5. The molecule has 5 aromatic rings. The maximum absolute atomic E-state index is 13.4. The predicted molar refractivity (Wildman–Crippen MR) is 230 cm³/mol. The number of fused-ring (bicyclic) bond motifs is 2. The van der Waals surface area contributed by atoms with Gasteiger partial charge in [-0.2, -0.15) is 26.3 Å². The van der Waals surface area contributed by atoms with Crippen LogP contribution >= 0.6 is 22.6 Å². The number of carbonyl (C=O) groups is 2. The van der Waals surface area contributed by atoms with Gasteiger partial charge in [-0.15, -0.1) is 0 Å². The topological polar surface area (TPSA) is 127 Å². The molecule has 0 aliphatic carbocycles. The molecule has 0 radical (unpaired) electrons. The number of nitrogens with zero attached hydrogens (tertiary/aromatic N) is 2. The Labute approximate surface area is 378 Å². The third-order valence-electron chi connectivity index (χ3n) is 10.3. The molecule has 10 nitrogen and oxygen atoms in total. The zero-order valence-electron chi connectivity index (χ0n) is 34.2. The van der Waals surface area contributed by atoms with Crippen LogP contribution in [-0.4, -0.2) is 75.5 Å². The van der Waals surface area contributed by atoms with Crippen LogP contribution < -0.4 is 9.47 Å². The van der Waals surface area contributed by atoms with Crippen molar-refractivity contribution in [2.45, 2.75) is 74.4 Å². The van der Waals surface area contributed by atoms with Gasteiger partial charge in [-0.25, -0.2) is 21.2 Å². The van der Waals surface area contributed by atoms with E-state index < -0.39 is 56.0 Å². The molecule has 7 rings (SSSR count). The van der Waals surface area contributed by atoms with E-state index in [-0.39, 0.29) is 64.4 Å². The minimum Gasteiger partial charge on any atom is -0.480 e. The number of sulfone groups is 2. The van der Waals surface area contributed by atoms with Crippen molar-refractivity contribution < 1.29 is 66.6 Å². The Balaban J connectivity index is 0.000000216. The van der Waals surface area contributed by atoms with Gasteiger partial charge in [0.05, 0.1) is 20.9 Å². The van der Waals surface area contributed by atoms with Crippen molar-refractivity contribution >= 4 is 54.1 Å². The summed E-state index contributed by atoms with van der Waals surface area (Å²) >= 11 is 2.15. The number of ether oxygens (including phenoxy) is 2. The van der Waals surface area contributed by atoms with Crippen molar-refractivity contribution in [3.05, 3.63) is 140 Å². The van der Waals surface area contributed by atoms with Gasteiger partial charge in [-0.1, -0.05) is 30.3 Å². The van der Waals surface area contributed by atoms with Crippen molar-refractivity contribution in [1.82, 2.24) is 9.80 Å². The Hall–Kier alpha value is -5.22. The fourth-order valence-corrected chi connectivity index (χ4v) is 8.59. The fourth-order valence-electron chi connectivity index (χ4n) is 6.74. The first-order chi connectivity index (χ1) is 29.7. The average molecular weight is 1050 g/mol. The van der Waals surface area contributed by atoms with Crippen LogP contribution in [0, 0.1) is 9.39 Å². The Morgan fingerprint density at radius 2 is 0.953 bits per heavy atom. The van der Waals surface area contributed by atoms with Gasteiger partial charge >= 0.3 is 12.4 Å². The summed E-state index contributed by atoms with van der Waals surface area (Å²) in [6.07, 6.45) is -11.8. The lowest BCUT2D eigenvalue weighted by atomic mass is 10.0. The van der Waals surface area contributed by atoms with Gasteiger partial charge < -0.3 is 19.3 Å². The molecule has 0 bridgehead atoms. The molecular formula is C44H38F7IN2O8S2. The molecule has 2 aliphatic heterocycles. The first kappa shape index (κ1) is 48.2. The molecule has 0 fully saturated rings. The quantitative estimate of drug-likeness (QED) is 0.106. The predicted octanol–water partition coefficient (Wildman–Crippen LogP) is 9.56. The normalized spacial score (nSPS) is 14.8. The summed E-state index contributed by atoms with van der Waals surface area (Å²) in [4.78, 5) is 29.0. The Morgan fingerprint density at radius 3 is 1.38 bits per heavy atom. The van der Waals surface area contributed by atoms with E-state index >= 15 is 0 Å². The van der Waals surface area contributed by atoms with E-state index in [4.69, 9.17) is 9.47 Å². The highest BCUT2D eigenvalue weighted by atomic mass is 127. The third kappa shape index (κ3) is 11.3. The van der Waals surface area contributed by atoms with Gasteiger partial charge in [0, 0.05) is 42.3 Å². The van der Waals surface area contributed by atoms with Crippen LogP contribution in [0.2, 0.25) is 0 Å². The molecule has 340 valence electrons. The van der Waals surface area contributed by atoms with E-state index in [0.717, 1.165) is 99.7 Å². The summed E-state index contributed by atoms with van der Waals surface area (Å²) < 4.78 is 150. The number of alkyl halides is 6. The highest BCUT2D eigenvalue weighted by Crippen LogP contribution is 2.35. The SMILES string of the molecule is CC(Oc1ccc(S(C)(=O)=O)cc1C(=O)N1Cc2ccc(-c3ccc(F)cc3)cc2C1)C(F)(F)F.C[C@H](Oc1ccc(S(C)(=O)=O)cc1C(=O)N1Cc2ccc(I)cc2C1)C(F)(F)F. The average Bonchev–Trinajstić information content (AvgIpc) is 3.84. The first-order valence-electron chi connectivity index (χ1n) is 19.1. The molecule has 20 heteroatoms. The minimum absolute atomic E-state index is 0.167. The highest BCUT2D eigenvalue weighted by Gasteiger charge is 2.40. The monoisotopic (exact) mass is 1050 g/mol. The van der Waals surface area contributed by atoms with Crippen molar-refractivity contribution in [1.29, 1.82) is 0 Å². The van der Waals surface area contributed by atoms with E-state index in [1.807, 2.05) is 36.4 Å². The zero-order valence-corrected chi connectivity index (χ0v) is 38.0. The van der Waals surface area contributed by atoms with Crippen LogP contribution in [0.1, 0.15) is 56.8 Å². The van der Waals surface area contributed by atoms with Crippen LogP contribution in [-0.2, 0) is 45.9 Å². The van der Waals surface area contributed by atoms with E-state index in [1.165, 1.54) is 21.9 Å². The molecule has 0 N–H and O–H groups in total. The van der Waals surface area contributed by atoms with Crippen LogP contribution in [0.4, 0.5) is 30.7 Å². The summed E-state index contributed by atoms with van der Waals surface area (Å²) in [6.45, 7) is 2.55. The van der Waals surface area contributed by atoms with Crippen molar-refractivity contribution in [3.8, 4) is 22.6 Å². The number of amides is 2. The number of benzene rings is 5. The summed E-state index contributed by atoms with van der Waals surface area (Å²) in [5.74, 6) is -2.26. The Kier molecular flexibility index (Phi) is 13.8. The van der Waals surface area contributed by atoms with Gasteiger partial charge in [0.15, 0.2) is 31.9 Å². The lowest BCUT2D eigenvalue weighted by Gasteiger charge is -2.22. The molecule has 2 amide bonds. The maximum Gasteiger partial charge on any atom is 0.425 e. The van der Waals surface area contributed by atoms with Gasteiger partial charge in [-0.05, 0) is 137 Å². The summed E-state index contributed by atoms with van der Waals surface area (Å²) in [6, 6.07) is 23.7. The summed E-state index contributed by atoms with van der Waals surface area (Å²) in [7, 11) is -7.39. The zero-order chi connectivity index (χ0) is 47.1. The van der Waals surface area contributed by atoms with Gasteiger partial charge in [0.2, 0.25) is 0 Å². The molecule has 2 aliphatic rings. The highest BCUT2D eigenvalue weighted by molar-refractivity contribution is 14.1. The van der Waals surface area contributed by atoms with E-state index in [0.29, 0.717) is 0 Å². The molecule has 0 aromatic heterocycles. The van der Waals surface area contributed by atoms with E-state index in [9.17, 15) is 57.2 Å². The van der Waals surface area contributed by atoms with Crippen LogP contribution in [0.3, 0.4) is 0 Å². The second-order valence-electron chi connectivity index (χ2n) is 15.2. The Bertz CT molecular complexity index is 2840. The lowest BCUT2D eigenvalue weighted by molar-refractivity contribution is -0.189. The van der Waals surface area contributed by atoms with Gasteiger partial charge in [0.1, 0.15) is 17.3 Å². The smallest absolute Gasteiger partial charge is 0.425 e. The minimum atomic E-state index is -4.67. The molecular weight excluding hydrogens is 1010 g/mol. The van der Waals surface area contributed by atoms with Gasteiger partial charge in [-0.3, -0.25) is 9.59 Å². The molecule has 1 unspecified atom stereocenters. The number of hydrogen-bond acceptors (Lipinski definition) is 8. The Morgan fingerprint density at radius 1 is 0.562 bits per heavy atom. The summed E-state index contributed by atoms with van der Waals surface area (Å²) in [5.41, 5.74) is 4.67. The molecule has 0 saturated carbocycles. The second kappa shape index (κ2) is 18.3. The van der Waals surface area contributed by atoms with Crippen LogP contribution in [0.15, 0.2) is 107 Å². The van der Waals surface area contributed by atoms with Crippen LogP contribution in [0.25, 0.3) is 11.1 Å². The van der Waals surface area contributed by atoms with Crippen LogP contribution in [0.5, 0.6) is 11.5 Å². The lowest BCUT2D eigenvalue weighted by Crippen LogP contribution is -2.32. The molecule has 0 saturated heterocycles. The molecule has 64 heavy (non-hydrogen) atoms. The maximum atomic E-state index is 13.4. The molecule has 2 atom stereocenters. The number of hydrogen-bond donors (Lipinski definition) is 0.